The van der Waals surface area contributed by atoms with Crippen molar-refractivity contribution in [3.63, 3.8) is 0 Å². The molecule has 3 rings (SSSR count). The van der Waals surface area contributed by atoms with Crippen LogP contribution in [0.3, 0.4) is 0 Å². The molecule has 3 fully saturated rings. The molecule has 2 saturated heterocycles. The number of hydrogen-bond donors (Lipinski definition) is 4. The Morgan fingerprint density at radius 1 is 0.793 bits per heavy atom. The van der Waals surface area contributed by atoms with Gasteiger partial charge in [-0.1, -0.05) is 13.8 Å². The van der Waals surface area contributed by atoms with Crippen molar-refractivity contribution in [2.75, 3.05) is 13.1 Å². The molecule has 29 heavy (non-hydrogen) atoms. The lowest BCUT2D eigenvalue weighted by molar-refractivity contribution is -0.162. The molecule has 162 valence electrons. The highest BCUT2D eigenvalue weighted by atomic mass is 16.6. The second-order valence-corrected chi connectivity index (χ2v) is 8.69. The molecule has 0 bridgehead atoms. The van der Waals surface area contributed by atoms with Crippen LogP contribution in [-0.4, -0.2) is 71.5 Å². The van der Waals surface area contributed by atoms with Crippen LogP contribution in [0.5, 0.6) is 0 Å². The monoisotopic (exact) mass is 412 g/mol. The summed E-state index contributed by atoms with van der Waals surface area (Å²) in [5.74, 6) is -3.76. The van der Waals surface area contributed by atoms with E-state index in [0.717, 1.165) is 0 Å². The van der Waals surface area contributed by atoms with Gasteiger partial charge in [0.2, 0.25) is 0 Å². The van der Waals surface area contributed by atoms with Crippen LogP contribution < -0.4 is 10.6 Å². The van der Waals surface area contributed by atoms with Crippen LogP contribution in [0.4, 0.5) is 0 Å². The van der Waals surface area contributed by atoms with Gasteiger partial charge in [-0.3, -0.25) is 19.2 Å². The van der Waals surface area contributed by atoms with E-state index in [1.165, 1.54) is 0 Å². The van der Waals surface area contributed by atoms with Gasteiger partial charge in [-0.2, -0.15) is 0 Å². The number of carboxylic acids is 2. The zero-order chi connectivity index (χ0) is 21.3. The SMILES string of the molecule is CC1(C)[C@@H](C(=O)O[C@H]2CN[C@H](C(=O)O)C2)CC[C@H]1C(=O)O[C@H]1CN[C@H](C(=O)O)C1. The van der Waals surface area contributed by atoms with Crippen molar-refractivity contribution < 1.29 is 38.9 Å². The van der Waals surface area contributed by atoms with Crippen molar-refractivity contribution in [2.45, 2.75) is 63.8 Å². The largest absolute Gasteiger partial charge is 0.480 e. The van der Waals surface area contributed by atoms with Crippen LogP contribution in [0.2, 0.25) is 0 Å². The molecule has 0 amide bonds. The molecule has 10 nitrogen and oxygen atoms in total. The first-order chi connectivity index (χ1) is 13.6. The molecular weight excluding hydrogens is 384 g/mol. The fraction of sp³-hybridized carbons (Fsp3) is 0.789. The second kappa shape index (κ2) is 8.27. The fourth-order valence-electron chi connectivity index (χ4n) is 4.62. The smallest absolute Gasteiger partial charge is 0.320 e. The van der Waals surface area contributed by atoms with E-state index in [2.05, 4.69) is 10.6 Å². The summed E-state index contributed by atoms with van der Waals surface area (Å²) in [6.07, 6.45) is 0.410. The summed E-state index contributed by atoms with van der Waals surface area (Å²) in [5, 5.41) is 23.7. The third-order valence-electron chi connectivity index (χ3n) is 6.45. The van der Waals surface area contributed by atoms with Crippen LogP contribution in [0.15, 0.2) is 0 Å². The maximum absolute atomic E-state index is 12.7. The molecule has 2 heterocycles. The van der Waals surface area contributed by atoms with Gasteiger partial charge < -0.3 is 30.3 Å². The predicted molar refractivity (Wildman–Crippen MR) is 97.8 cm³/mol. The van der Waals surface area contributed by atoms with Gasteiger partial charge in [-0.15, -0.1) is 0 Å². The summed E-state index contributed by atoms with van der Waals surface area (Å²) in [6.45, 7) is 4.25. The summed E-state index contributed by atoms with van der Waals surface area (Å²) in [4.78, 5) is 47.4. The Labute approximate surface area is 168 Å². The number of rotatable bonds is 6. The van der Waals surface area contributed by atoms with Crippen LogP contribution in [0.1, 0.15) is 39.5 Å². The number of carbonyl (C=O) groups is 4. The molecular formula is C19H28N2O8. The van der Waals surface area contributed by atoms with Gasteiger partial charge in [0.05, 0.1) is 11.8 Å². The molecule has 0 aromatic heterocycles. The molecule has 6 atom stereocenters. The average molecular weight is 412 g/mol. The lowest BCUT2D eigenvalue weighted by atomic mass is 9.75. The number of nitrogens with one attached hydrogen (secondary N) is 2. The topological polar surface area (TPSA) is 151 Å². The highest BCUT2D eigenvalue weighted by Crippen LogP contribution is 2.48. The van der Waals surface area contributed by atoms with Gasteiger partial charge >= 0.3 is 23.9 Å². The van der Waals surface area contributed by atoms with Gasteiger partial charge in [0, 0.05) is 25.9 Å². The first kappa shape index (κ1) is 21.5. The zero-order valence-electron chi connectivity index (χ0n) is 16.6. The van der Waals surface area contributed by atoms with E-state index in [1.54, 1.807) is 0 Å². The first-order valence-electron chi connectivity index (χ1n) is 9.93. The van der Waals surface area contributed by atoms with E-state index in [9.17, 15) is 19.2 Å². The van der Waals surface area contributed by atoms with E-state index in [0.29, 0.717) is 25.9 Å². The molecule has 0 aromatic carbocycles. The van der Waals surface area contributed by atoms with Crippen LogP contribution >= 0.6 is 0 Å². The Hall–Kier alpha value is -2.20. The van der Waals surface area contributed by atoms with E-state index < -0.39 is 65.4 Å². The van der Waals surface area contributed by atoms with Crippen LogP contribution in [-0.2, 0) is 28.7 Å². The summed E-state index contributed by atoms with van der Waals surface area (Å²) in [6, 6.07) is -1.44. The van der Waals surface area contributed by atoms with E-state index in [1.807, 2.05) is 13.8 Å². The number of esters is 2. The second-order valence-electron chi connectivity index (χ2n) is 8.69. The van der Waals surface area contributed by atoms with Crippen molar-refractivity contribution in [1.82, 2.24) is 10.6 Å². The fourth-order valence-corrected chi connectivity index (χ4v) is 4.62. The molecule has 3 aliphatic rings. The third kappa shape index (κ3) is 4.53. The van der Waals surface area contributed by atoms with Gasteiger partial charge in [0.1, 0.15) is 24.3 Å². The van der Waals surface area contributed by atoms with E-state index in [4.69, 9.17) is 19.7 Å². The molecule has 0 radical (unpaired) electrons. The number of carbonyl (C=O) groups excluding carboxylic acids is 2. The van der Waals surface area contributed by atoms with E-state index in [-0.39, 0.29) is 12.8 Å². The first-order valence-corrected chi connectivity index (χ1v) is 9.93. The van der Waals surface area contributed by atoms with Crippen LogP contribution in [0, 0.1) is 17.3 Å². The molecule has 2 aliphatic heterocycles. The Kier molecular flexibility index (Phi) is 6.13. The Morgan fingerprint density at radius 2 is 1.17 bits per heavy atom. The molecule has 0 spiro atoms. The van der Waals surface area contributed by atoms with Gasteiger partial charge in [0.25, 0.3) is 0 Å². The lowest BCUT2D eigenvalue weighted by Gasteiger charge is -2.31. The maximum Gasteiger partial charge on any atom is 0.320 e. The maximum atomic E-state index is 12.7. The van der Waals surface area contributed by atoms with Gasteiger partial charge in [-0.05, 0) is 18.3 Å². The molecule has 0 aromatic rings. The van der Waals surface area contributed by atoms with Gasteiger partial charge in [0.15, 0.2) is 0 Å². The number of ether oxygens (including phenoxy) is 2. The van der Waals surface area contributed by atoms with E-state index >= 15 is 0 Å². The van der Waals surface area contributed by atoms with Crippen molar-refractivity contribution in [1.29, 1.82) is 0 Å². The number of carboxylic acid groups (broad SMARTS) is 2. The minimum atomic E-state index is -0.973. The third-order valence-corrected chi connectivity index (χ3v) is 6.45. The molecule has 1 saturated carbocycles. The minimum Gasteiger partial charge on any atom is -0.480 e. The van der Waals surface area contributed by atoms with Crippen molar-refractivity contribution in [2.24, 2.45) is 17.3 Å². The zero-order valence-corrected chi connectivity index (χ0v) is 16.6. The normalized spacial score (nSPS) is 35.9. The van der Waals surface area contributed by atoms with Crippen molar-refractivity contribution in [3.8, 4) is 0 Å². The van der Waals surface area contributed by atoms with Crippen molar-refractivity contribution >= 4 is 23.9 Å². The molecule has 0 unspecified atom stereocenters. The summed E-state index contributed by atoms with van der Waals surface area (Å²) >= 11 is 0. The summed E-state index contributed by atoms with van der Waals surface area (Å²) < 4.78 is 11.0. The average Bonchev–Trinajstić information content (AvgIpc) is 3.33. The number of aliphatic carboxylic acids is 2. The lowest BCUT2D eigenvalue weighted by Crippen LogP contribution is -2.38. The quantitative estimate of drug-likeness (QED) is 0.430. The highest BCUT2D eigenvalue weighted by molar-refractivity contribution is 5.80. The highest BCUT2D eigenvalue weighted by Gasteiger charge is 2.52. The van der Waals surface area contributed by atoms with Crippen molar-refractivity contribution in [3.05, 3.63) is 0 Å². The Balaban J connectivity index is 1.54. The standard InChI is InChI=1S/C19H28N2O8/c1-19(2)11(17(26)28-9-5-13(15(22)23)20-7-9)3-4-12(19)18(27)29-10-6-14(16(24)25)21-8-10/h9-14,20-21H,3-8H2,1-2H3,(H,22,23)(H,24,25)/t9-,10-,11-,12+,13+,14+/m1/s1. The minimum absolute atomic E-state index is 0.221. The summed E-state index contributed by atoms with van der Waals surface area (Å²) in [7, 11) is 0. The van der Waals surface area contributed by atoms with Crippen LogP contribution in [0.25, 0.3) is 0 Å². The molecule has 4 N–H and O–H groups in total. The Morgan fingerprint density at radius 3 is 1.48 bits per heavy atom. The Bertz CT molecular complexity index is 638. The number of hydrogen-bond acceptors (Lipinski definition) is 8. The molecule has 10 heteroatoms. The van der Waals surface area contributed by atoms with Gasteiger partial charge in [-0.25, -0.2) is 0 Å². The predicted octanol–water partition coefficient (Wildman–Crippen LogP) is -0.245. The molecule has 1 aliphatic carbocycles. The summed E-state index contributed by atoms with van der Waals surface area (Å²) in [5.41, 5.74) is -0.676.